The third-order valence-corrected chi connectivity index (χ3v) is 5.94. The molecule has 4 heterocycles. The van der Waals surface area contributed by atoms with Crippen LogP contribution >= 0.6 is 0 Å². The molecule has 0 aromatic carbocycles. The normalized spacial score (nSPS) is 20.8. The first-order chi connectivity index (χ1) is 18.0. The number of nitrogens with zero attached hydrogens (tertiary/aromatic N) is 5. The van der Waals surface area contributed by atoms with E-state index in [2.05, 4.69) is 47.4 Å². The van der Waals surface area contributed by atoms with Crippen molar-refractivity contribution >= 4 is 11.8 Å². The van der Waals surface area contributed by atoms with Crippen molar-refractivity contribution in [3.8, 4) is 5.88 Å². The van der Waals surface area contributed by atoms with E-state index < -0.39 is 0 Å². The summed E-state index contributed by atoms with van der Waals surface area (Å²) in [6.45, 7) is 5.75. The van der Waals surface area contributed by atoms with Gasteiger partial charge in [-0.25, -0.2) is 5.43 Å². The van der Waals surface area contributed by atoms with Gasteiger partial charge in [-0.1, -0.05) is 19.9 Å². The van der Waals surface area contributed by atoms with E-state index in [-0.39, 0.29) is 12.2 Å². The highest BCUT2D eigenvalue weighted by Gasteiger charge is 2.30. The maximum atomic E-state index is 5.91. The smallest absolute Gasteiger partial charge is 0.228 e. The van der Waals surface area contributed by atoms with E-state index in [0.29, 0.717) is 36.7 Å². The molecule has 2 aromatic heterocycles. The number of allylic oxidation sites excluding steroid dienone is 1. The SMILES string of the molecule is CC.CN(C)CCOc1cc(NC2C=C(C3CC3)NN2)nc(NCC2=CC(c3ccccn3)N(C)O2)n1. The van der Waals surface area contributed by atoms with Crippen LogP contribution in [0.3, 0.4) is 0 Å². The predicted molar refractivity (Wildman–Crippen MR) is 144 cm³/mol. The van der Waals surface area contributed by atoms with Gasteiger partial charge in [0.15, 0.2) is 0 Å². The van der Waals surface area contributed by atoms with E-state index in [4.69, 9.17) is 9.57 Å². The summed E-state index contributed by atoms with van der Waals surface area (Å²) in [6.07, 6.45) is 8.43. The van der Waals surface area contributed by atoms with Gasteiger partial charge >= 0.3 is 0 Å². The Labute approximate surface area is 219 Å². The Balaban J connectivity index is 0.00000156. The molecule has 11 heteroatoms. The average molecular weight is 510 g/mol. The molecule has 11 nitrogen and oxygen atoms in total. The molecule has 4 N–H and O–H groups in total. The van der Waals surface area contributed by atoms with Crippen LogP contribution in [0.4, 0.5) is 11.8 Å². The molecule has 0 radical (unpaired) electrons. The van der Waals surface area contributed by atoms with Gasteiger partial charge in [-0.3, -0.25) is 4.98 Å². The zero-order valence-corrected chi connectivity index (χ0v) is 22.4. The molecule has 2 aliphatic heterocycles. The number of hydrogen-bond acceptors (Lipinski definition) is 11. The maximum Gasteiger partial charge on any atom is 0.228 e. The number of ether oxygens (including phenoxy) is 1. The summed E-state index contributed by atoms with van der Waals surface area (Å²) in [4.78, 5) is 21.6. The van der Waals surface area contributed by atoms with Crippen LogP contribution in [-0.2, 0) is 4.84 Å². The minimum atomic E-state index is -0.0587. The summed E-state index contributed by atoms with van der Waals surface area (Å²) in [6, 6.07) is 7.65. The van der Waals surface area contributed by atoms with E-state index in [9.17, 15) is 0 Å². The largest absolute Gasteiger partial charge is 0.476 e. The molecule has 2 unspecified atom stereocenters. The minimum absolute atomic E-state index is 0.0414. The Morgan fingerprint density at radius 3 is 2.76 bits per heavy atom. The average Bonchev–Trinajstić information content (AvgIpc) is 3.54. The number of hydrogen-bond donors (Lipinski definition) is 4. The number of rotatable bonds is 11. The quantitative estimate of drug-likeness (QED) is 0.359. The van der Waals surface area contributed by atoms with Gasteiger partial charge in [-0.15, -0.1) is 5.06 Å². The lowest BCUT2D eigenvalue weighted by Gasteiger charge is -2.18. The molecular weight excluding hydrogens is 470 g/mol. The van der Waals surface area contributed by atoms with Crippen molar-refractivity contribution in [3.63, 3.8) is 0 Å². The second-order valence-electron chi connectivity index (χ2n) is 9.18. The van der Waals surface area contributed by atoms with Crippen molar-refractivity contribution in [2.75, 3.05) is 51.5 Å². The molecular formula is C26H39N9O2. The lowest BCUT2D eigenvalue weighted by molar-refractivity contribution is -0.0956. The lowest BCUT2D eigenvalue weighted by Crippen LogP contribution is -2.37. The summed E-state index contributed by atoms with van der Waals surface area (Å²) < 4.78 is 5.91. The van der Waals surface area contributed by atoms with Crippen molar-refractivity contribution in [2.24, 2.45) is 5.92 Å². The van der Waals surface area contributed by atoms with Crippen LogP contribution in [0.2, 0.25) is 0 Å². The Morgan fingerprint density at radius 1 is 1.19 bits per heavy atom. The van der Waals surface area contributed by atoms with Gasteiger partial charge in [-0.2, -0.15) is 9.97 Å². The first kappa shape index (κ1) is 26.6. The third kappa shape index (κ3) is 7.54. The molecule has 3 aliphatic rings. The second kappa shape index (κ2) is 12.7. The highest BCUT2D eigenvalue weighted by molar-refractivity contribution is 5.47. The topological polar surface area (TPSA) is 112 Å². The number of anilines is 2. The van der Waals surface area contributed by atoms with Gasteiger partial charge in [0.25, 0.3) is 0 Å². The van der Waals surface area contributed by atoms with Gasteiger partial charge in [0, 0.05) is 31.6 Å². The van der Waals surface area contributed by atoms with E-state index in [1.54, 1.807) is 11.3 Å². The highest BCUT2D eigenvalue weighted by atomic mass is 16.7. The molecule has 37 heavy (non-hydrogen) atoms. The van der Waals surface area contributed by atoms with Crippen LogP contribution in [0.1, 0.15) is 38.4 Å². The Hall–Kier alpha value is -3.41. The number of hydrazine groups is 1. The Bertz CT molecular complexity index is 1070. The first-order valence-corrected chi connectivity index (χ1v) is 13.0. The van der Waals surface area contributed by atoms with Crippen molar-refractivity contribution in [2.45, 2.75) is 38.9 Å². The molecule has 5 rings (SSSR count). The lowest BCUT2D eigenvalue weighted by atomic mass is 10.2. The van der Waals surface area contributed by atoms with Crippen LogP contribution in [0.25, 0.3) is 0 Å². The van der Waals surface area contributed by atoms with Crippen LogP contribution < -0.4 is 26.2 Å². The van der Waals surface area contributed by atoms with Gasteiger partial charge in [0.2, 0.25) is 11.8 Å². The summed E-state index contributed by atoms with van der Waals surface area (Å²) in [7, 11) is 5.92. The van der Waals surface area contributed by atoms with Gasteiger partial charge in [0.1, 0.15) is 30.4 Å². The van der Waals surface area contributed by atoms with E-state index in [0.717, 1.165) is 18.0 Å². The van der Waals surface area contributed by atoms with Crippen molar-refractivity contribution < 1.29 is 9.57 Å². The Kier molecular flexibility index (Phi) is 9.15. The molecule has 2 aromatic rings. The van der Waals surface area contributed by atoms with E-state index in [1.165, 1.54) is 18.5 Å². The van der Waals surface area contributed by atoms with Crippen LogP contribution in [0.15, 0.2) is 54.1 Å². The van der Waals surface area contributed by atoms with Gasteiger partial charge < -0.3 is 30.5 Å². The molecule has 1 fully saturated rings. The summed E-state index contributed by atoms with van der Waals surface area (Å²) in [5.41, 5.74) is 8.70. The van der Waals surface area contributed by atoms with Crippen molar-refractivity contribution in [3.05, 3.63) is 59.8 Å². The molecule has 0 spiro atoms. The highest BCUT2D eigenvalue weighted by Crippen LogP contribution is 2.36. The summed E-state index contributed by atoms with van der Waals surface area (Å²) in [5, 5.41) is 8.47. The molecule has 0 bridgehead atoms. The number of hydroxylamine groups is 2. The fourth-order valence-corrected chi connectivity index (χ4v) is 3.91. The monoisotopic (exact) mass is 509 g/mol. The first-order valence-electron chi connectivity index (χ1n) is 13.0. The number of nitrogens with one attached hydrogen (secondary N) is 4. The molecule has 0 saturated heterocycles. The second-order valence-corrected chi connectivity index (χ2v) is 9.18. The third-order valence-electron chi connectivity index (χ3n) is 5.94. The zero-order valence-electron chi connectivity index (χ0n) is 22.4. The molecule has 0 amide bonds. The van der Waals surface area contributed by atoms with E-state index >= 15 is 0 Å². The van der Waals surface area contributed by atoms with Crippen molar-refractivity contribution in [1.82, 2.24) is 35.8 Å². The zero-order chi connectivity index (χ0) is 26.2. The molecule has 200 valence electrons. The minimum Gasteiger partial charge on any atom is -0.476 e. The van der Waals surface area contributed by atoms with Gasteiger partial charge in [0.05, 0.1) is 12.2 Å². The molecule has 1 aliphatic carbocycles. The van der Waals surface area contributed by atoms with Crippen LogP contribution in [-0.4, -0.2) is 71.9 Å². The number of likely N-dealkylation sites (N-methyl/N-ethyl adjacent to an activating group) is 2. The molecule has 1 saturated carbocycles. The van der Waals surface area contributed by atoms with Gasteiger partial charge in [-0.05, 0) is 57.1 Å². The Morgan fingerprint density at radius 2 is 2.03 bits per heavy atom. The summed E-state index contributed by atoms with van der Waals surface area (Å²) in [5.74, 6) is 3.06. The van der Waals surface area contributed by atoms with Crippen LogP contribution in [0.5, 0.6) is 5.88 Å². The fraction of sp³-hybridized carbons (Fsp3) is 0.500. The van der Waals surface area contributed by atoms with Crippen molar-refractivity contribution in [1.29, 1.82) is 0 Å². The number of pyridine rings is 1. The summed E-state index contributed by atoms with van der Waals surface area (Å²) >= 11 is 0. The predicted octanol–water partition coefficient (Wildman–Crippen LogP) is 2.89. The van der Waals surface area contributed by atoms with Crippen LogP contribution in [0, 0.1) is 5.92 Å². The van der Waals surface area contributed by atoms with E-state index in [1.807, 2.05) is 65.3 Å². The molecule has 2 atom stereocenters. The fourth-order valence-electron chi connectivity index (χ4n) is 3.91. The standard InChI is InChI=1S/C24H33N9O2.C2H6/c1-32(2)10-11-34-23-14-21(27-22-13-19(30-31-22)16-7-8-16)28-24(29-23)26-15-17-12-20(33(3)35-17)18-6-4-5-9-25-18;1-2/h4-6,9,12-14,16,20,22,30-31H,7-8,10-11,15H2,1-3H3,(H2,26,27,28,29);1-2H3. The number of aromatic nitrogens is 3. The maximum absolute atomic E-state index is 5.91.